The van der Waals surface area contributed by atoms with E-state index >= 15 is 0 Å². The summed E-state index contributed by atoms with van der Waals surface area (Å²) in [5.41, 5.74) is 1.89. The van der Waals surface area contributed by atoms with Gasteiger partial charge in [-0.15, -0.1) is 0 Å². The number of hydrogen-bond donors (Lipinski definition) is 1. The Morgan fingerprint density at radius 3 is 2.72 bits per heavy atom. The Kier molecular flexibility index (Phi) is 4.44. The standard InChI is InChI=1S/C18H21ClN6/c1-24-17-14(12-21-24)16(20-11-13-7-3-4-8-15(13)19)22-18(23-17)25-9-5-2-6-10-25/h3-4,7-8,12H,2,5-6,9-11H2,1H3,(H,20,22,23). The minimum Gasteiger partial charge on any atom is -0.365 e. The number of nitrogens with zero attached hydrogens (tertiary/aromatic N) is 5. The summed E-state index contributed by atoms with van der Waals surface area (Å²) in [4.78, 5) is 11.8. The predicted octanol–water partition coefficient (Wildman–Crippen LogP) is 3.62. The van der Waals surface area contributed by atoms with Crippen LogP contribution in [0, 0.1) is 0 Å². The maximum absolute atomic E-state index is 6.27. The quantitative estimate of drug-likeness (QED) is 0.773. The van der Waals surface area contributed by atoms with Gasteiger partial charge in [-0.2, -0.15) is 15.1 Å². The number of piperidine rings is 1. The molecule has 130 valence electrons. The summed E-state index contributed by atoms with van der Waals surface area (Å²) in [6.07, 6.45) is 5.47. The van der Waals surface area contributed by atoms with Gasteiger partial charge in [0, 0.05) is 31.7 Å². The molecule has 6 nitrogen and oxygen atoms in total. The van der Waals surface area contributed by atoms with Crippen molar-refractivity contribution in [3.8, 4) is 0 Å². The maximum atomic E-state index is 6.27. The van der Waals surface area contributed by atoms with Gasteiger partial charge in [-0.25, -0.2) is 0 Å². The van der Waals surface area contributed by atoms with Gasteiger partial charge >= 0.3 is 0 Å². The zero-order chi connectivity index (χ0) is 17.2. The monoisotopic (exact) mass is 356 g/mol. The van der Waals surface area contributed by atoms with Crippen molar-refractivity contribution in [3.05, 3.63) is 41.0 Å². The molecule has 1 N–H and O–H groups in total. The molecular weight excluding hydrogens is 336 g/mol. The van der Waals surface area contributed by atoms with Gasteiger partial charge in [0.05, 0.1) is 11.6 Å². The van der Waals surface area contributed by atoms with E-state index in [1.165, 1.54) is 19.3 Å². The van der Waals surface area contributed by atoms with E-state index in [1.54, 1.807) is 4.68 Å². The number of fused-ring (bicyclic) bond motifs is 1. The average Bonchev–Trinajstić information content (AvgIpc) is 3.03. The highest BCUT2D eigenvalue weighted by atomic mass is 35.5. The van der Waals surface area contributed by atoms with E-state index < -0.39 is 0 Å². The smallest absolute Gasteiger partial charge is 0.229 e. The highest BCUT2D eigenvalue weighted by Crippen LogP contribution is 2.26. The lowest BCUT2D eigenvalue weighted by atomic mass is 10.1. The van der Waals surface area contributed by atoms with Crippen LogP contribution in [0.3, 0.4) is 0 Å². The van der Waals surface area contributed by atoms with Crippen LogP contribution < -0.4 is 10.2 Å². The van der Waals surface area contributed by atoms with E-state index in [2.05, 4.69) is 15.3 Å². The Morgan fingerprint density at radius 1 is 1.12 bits per heavy atom. The van der Waals surface area contributed by atoms with Gasteiger partial charge in [-0.1, -0.05) is 29.8 Å². The van der Waals surface area contributed by atoms with E-state index in [0.717, 1.165) is 46.5 Å². The van der Waals surface area contributed by atoms with Crippen LogP contribution in [0.4, 0.5) is 11.8 Å². The molecule has 1 aliphatic rings. The lowest BCUT2D eigenvalue weighted by Crippen LogP contribution is -2.31. The summed E-state index contributed by atoms with van der Waals surface area (Å²) in [6.45, 7) is 2.63. The van der Waals surface area contributed by atoms with Crippen molar-refractivity contribution >= 4 is 34.4 Å². The van der Waals surface area contributed by atoms with Gasteiger partial charge < -0.3 is 10.2 Å². The van der Waals surface area contributed by atoms with Crippen molar-refractivity contribution in [2.24, 2.45) is 7.05 Å². The van der Waals surface area contributed by atoms with Crippen LogP contribution in [0.2, 0.25) is 5.02 Å². The molecule has 0 unspecified atom stereocenters. The molecule has 7 heteroatoms. The summed E-state index contributed by atoms with van der Waals surface area (Å²) in [5.74, 6) is 1.58. The van der Waals surface area contributed by atoms with Crippen LogP contribution in [-0.2, 0) is 13.6 Å². The SMILES string of the molecule is Cn1ncc2c(NCc3ccccc3Cl)nc(N3CCCCC3)nc21. The highest BCUT2D eigenvalue weighted by molar-refractivity contribution is 6.31. The molecule has 1 saturated heterocycles. The number of aryl methyl sites for hydroxylation is 1. The first-order valence-electron chi connectivity index (χ1n) is 8.64. The maximum Gasteiger partial charge on any atom is 0.229 e. The minimum absolute atomic E-state index is 0.611. The van der Waals surface area contributed by atoms with Gasteiger partial charge in [0.1, 0.15) is 5.82 Å². The van der Waals surface area contributed by atoms with Crippen LogP contribution in [-0.4, -0.2) is 32.8 Å². The van der Waals surface area contributed by atoms with E-state index in [0.29, 0.717) is 6.54 Å². The molecule has 3 heterocycles. The molecule has 0 aliphatic carbocycles. The van der Waals surface area contributed by atoms with Crippen molar-refractivity contribution in [3.63, 3.8) is 0 Å². The van der Waals surface area contributed by atoms with Gasteiger partial charge in [-0.3, -0.25) is 4.68 Å². The number of hydrogen-bond acceptors (Lipinski definition) is 5. The van der Waals surface area contributed by atoms with E-state index in [-0.39, 0.29) is 0 Å². The van der Waals surface area contributed by atoms with Gasteiger partial charge in [0.25, 0.3) is 0 Å². The molecule has 0 amide bonds. The van der Waals surface area contributed by atoms with Gasteiger partial charge in [-0.05, 0) is 30.9 Å². The second-order valence-corrected chi connectivity index (χ2v) is 6.78. The topological polar surface area (TPSA) is 58.9 Å². The Morgan fingerprint density at radius 2 is 1.92 bits per heavy atom. The zero-order valence-electron chi connectivity index (χ0n) is 14.2. The first-order valence-corrected chi connectivity index (χ1v) is 9.02. The number of aromatic nitrogens is 4. The summed E-state index contributed by atoms with van der Waals surface area (Å²) < 4.78 is 1.80. The molecule has 0 spiro atoms. The fraction of sp³-hybridized carbons (Fsp3) is 0.389. The molecule has 3 aromatic rings. The highest BCUT2D eigenvalue weighted by Gasteiger charge is 2.18. The molecule has 0 atom stereocenters. The molecule has 4 rings (SSSR count). The molecule has 0 radical (unpaired) electrons. The Hall–Kier alpha value is -2.34. The summed E-state index contributed by atoms with van der Waals surface area (Å²) in [6, 6.07) is 7.84. The second-order valence-electron chi connectivity index (χ2n) is 6.37. The van der Waals surface area contributed by atoms with Crippen molar-refractivity contribution in [1.82, 2.24) is 19.7 Å². The average molecular weight is 357 g/mol. The Labute approximate surface area is 151 Å². The second kappa shape index (κ2) is 6.88. The van der Waals surface area contributed by atoms with E-state index in [1.807, 2.05) is 37.5 Å². The number of anilines is 2. The fourth-order valence-electron chi connectivity index (χ4n) is 3.20. The normalized spacial score (nSPS) is 14.9. The lowest BCUT2D eigenvalue weighted by Gasteiger charge is -2.27. The first-order chi connectivity index (χ1) is 12.2. The number of halogens is 1. The number of benzene rings is 1. The third kappa shape index (κ3) is 3.26. The van der Waals surface area contributed by atoms with E-state index in [9.17, 15) is 0 Å². The Bertz CT molecular complexity index is 884. The summed E-state index contributed by atoms with van der Waals surface area (Å²) >= 11 is 6.27. The van der Waals surface area contributed by atoms with Crippen molar-refractivity contribution < 1.29 is 0 Å². The third-order valence-electron chi connectivity index (χ3n) is 4.62. The molecule has 1 aliphatic heterocycles. The van der Waals surface area contributed by atoms with Crippen LogP contribution in [0.25, 0.3) is 11.0 Å². The third-order valence-corrected chi connectivity index (χ3v) is 4.99. The molecule has 0 bridgehead atoms. The van der Waals surface area contributed by atoms with Crippen molar-refractivity contribution in [2.75, 3.05) is 23.3 Å². The van der Waals surface area contributed by atoms with Gasteiger partial charge in [0.15, 0.2) is 5.65 Å². The summed E-state index contributed by atoms with van der Waals surface area (Å²) in [7, 11) is 1.91. The van der Waals surface area contributed by atoms with Crippen molar-refractivity contribution in [1.29, 1.82) is 0 Å². The van der Waals surface area contributed by atoms with Gasteiger partial charge in [0.2, 0.25) is 5.95 Å². The summed E-state index contributed by atoms with van der Waals surface area (Å²) in [5, 5.41) is 9.45. The molecular formula is C18H21ClN6. The molecule has 1 aromatic carbocycles. The number of nitrogens with one attached hydrogen (secondary N) is 1. The fourth-order valence-corrected chi connectivity index (χ4v) is 3.40. The van der Waals surface area contributed by atoms with Crippen LogP contribution in [0.15, 0.2) is 30.5 Å². The molecule has 1 fully saturated rings. The largest absolute Gasteiger partial charge is 0.365 e. The molecule has 25 heavy (non-hydrogen) atoms. The first kappa shape index (κ1) is 16.1. The van der Waals surface area contributed by atoms with Crippen LogP contribution >= 0.6 is 11.6 Å². The molecule has 2 aromatic heterocycles. The van der Waals surface area contributed by atoms with Crippen LogP contribution in [0.1, 0.15) is 24.8 Å². The lowest BCUT2D eigenvalue weighted by molar-refractivity contribution is 0.568. The minimum atomic E-state index is 0.611. The van der Waals surface area contributed by atoms with Crippen LogP contribution in [0.5, 0.6) is 0 Å². The van der Waals surface area contributed by atoms with Crippen molar-refractivity contribution in [2.45, 2.75) is 25.8 Å². The molecule has 0 saturated carbocycles. The number of rotatable bonds is 4. The Balaban J connectivity index is 1.67. The predicted molar refractivity (Wildman–Crippen MR) is 101 cm³/mol. The zero-order valence-corrected chi connectivity index (χ0v) is 15.0. The van der Waals surface area contributed by atoms with E-state index in [4.69, 9.17) is 21.6 Å².